The minimum Gasteiger partial charge on any atom is -0.481 e. The maximum atomic E-state index is 11.9. The summed E-state index contributed by atoms with van der Waals surface area (Å²) < 4.78 is 0. The number of hydrogen-bond acceptors (Lipinski definition) is 4. The van der Waals surface area contributed by atoms with E-state index in [4.69, 9.17) is 15.9 Å². The van der Waals surface area contributed by atoms with Crippen LogP contribution >= 0.6 is 0 Å². The standard InChI is InChI=1S/C13H22N2O5/c14-8-13(4-2-1-3-5-13)7-10(16)15-9(12(19)20)6-11(17)18/h9H,1-8,14H2,(H,15,16)(H,17,18)(H,19,20). The van der Waals surface area contributed by atoms with Crippen LogP contribution in [0.1, 0.15) is 44.9 Å². The summed E-state index contributed by atoms with van der Waals surface area (Å²) in [6.45, 7) is 0.386. The highest BCUT2D eigenvalue weighted by atomic mass is 16.4. The van der Waals surface area contributed by atoms with Crippen LogP contribution < -0.4 is 11.1 Å². The van der Waals surface area contributed by atoms with Gasteiger partial charge in [-0.1, -0.05) is 19.3 Å². The summed E-state index contributed by atoms with van der Waals surface area (Å²) in [6.07, 6.45) is 4.40. The van der Waals surface area contributed by atoms with Crippen molar-refractivity contribution in [2.24, 2.45) is 11.1 Å². The number of hydrogen-bond donors (Lipinski definition) is 4. The number of carboxylic acids is 2. The van der Waals surface area contributed by atoms with Gasteiger partial charge in [-0.25, -0.2) is 4.79 Å². The molecular formula is C13H22N2O5. The second-order valence-corrected chi connectivity index (χ2v) is 5.50. The van der Waals surface area contributed by atoms with Gasteiger partial charge in [-0.05, 0) is 24.8 Å². The Kier molecular flexibility index (Phi) is 5.94. The van der Waals surface area contributed by atoms with Gasteiger partial charge in [0.1, 0.15) is 6.04 Å². The first-order valence-electron chi connectivity index (χ1n) is 6.82. The number of carboxylic acid groups (broad SMARTS) is 2. The Balaban J connectivity index is 2.59. The highest BCUT2D eigenvalue weighted by Crippen LogP contribution is 2.38. The molecule has 1 aliphatic carbocycles. The molecule has 7 heteroatoms. The summed E-state index contributed by atoms with van der Waals surface area (Å²) in [5.74, 6) is -3.04. The zero-order chi connectivity index (χ0) is 15.2. The van der Waals surface area contributed by atoms with Gasteiger partial charge < -0.3 is 21.3 Å². The molecule has 0 saturated heterocycles. The Morgan fingerprint density at radius 2 is 1.75 bits per heavy atom. The topological polar surface area (TPSA) is 130 Å². The normalized spacial score (nSPS) is 19.1. The van der Waals surface area contributed by atoms with E-state index in [1.165, 1.54) is 0 Å². The van der Waals surface area contributed by atoms with E-state index < -0.39 is 30.3 Å². The molecule has 1 amide bonds. The Labute approximate surface area is 117 Å². The van der Waals surface area contributed by atoms with E-state index >= 15 is 0 Å². The van der Waals surface area contributed by atoms with Crippen LogP contribution in [-0.2, 0) is 14.4 Å². The molecule has 1 aliphatic rings. The number of aliphatic carboxylic acids is 2. The predicted molar refractivity (Wildman–Crippen MR) is 71.0 cm³/mol. The van der Waals surface area contributed by atoms with Crippen molar-refractivity contribution in [1.82, 2.24) is 5.32 Å². The van der Waals surface area contributed by atoms with E-state index in [0.29, 0.717) is 6.54 Å². The van der Waals surface area contributed by atoms with Crippen molar-refractivity contribution in [2.75, 3.05) is 6.54 Å². The van der Waals surface area contributed by atoms with Crippen molar-refractivity contribution in [3.63, 3.8) is 0 Å². The molecule has 0 aliphatic heterocycles. The lowest BCUT2D eigenvalue weighted by atomic mass is 9.71. The molecule has 1 fully saturated rings. The molecule has 0 bridgehead atoms. The number of rotatable bonds is 7. The highest BCUT2D eigenvalue weighted by molar-refractivity contribution is 5.87. The van der Waals surface area contributed by atoms with Crippen molar-refractivity contribution >= 4 is 17.8 Å². The van der Waals surface area contributed by atoms with E-state index in [9.17, 15) is 14.4 Å². The molecule has 1 rings (SSSR count). The maximum Gasteiger partial charge on any atom is 0.326 e. The van der Waals surface area contributed by atoms with Gasteiger partial charge in [0.2, 0.25) is 5.91 Å². The van der Waals surface area contributed by atoms with Crippen molar-refractivity contribution in [3.05, 3.63) is 0 Å². The Hall–Kier alpha value is -1.63. The van der Waals surface area contributed by atoms with Gasteiger partial charge in [0.25, 0.3) is 0 Å². The monoisotopic (exact) mass is 286 g/mol. The number of carbonyl (C=O) groups excluding carboxylic acids is 1. The van der Waals surface area contributed by atoms with Gasteiger partial charge in [0.05, 0.1) is 6.42 Å². The second-order valence-electron chi connectivity index (χ2n) is 5.50. The molecule has 0 spiro atoms. The summed E-state index contributed by atoms with van der Waals surface area (Å²) in [5, 5.41) is 19.8. The van der Waals surface area contributed by atoms with Gasteiger partial charge in [0, 0.05) is 6.42 Å². The van der Waals surface area contributed by atoms with Crippen molar-refractivity contribution in [3.8, 4) is 0 Å². The lowest BCUT2D eigenvalue weighted by Gasteiger charge is -2.35. The molecular weight excluding hydrogens is 264 g/mol. The van der Waals surface area contributed by atoms with E-state index in [1.54, 1.807) is 0 Å². The maximum absolute atomic E-state index is 11.9. The number of amides is 1. The summed E-state index contributed by atoms with van der Waals surface area (Å²) in [7, 11) is 0. The highest BCUT2D eigenvalue weighted by Gasteiger charge is 2.34. The van der Waals surface area contributed by atoms with Gasteiger partial charge >= 0.3 is 11.9 Å². The van der Waals surface area contributed by atoms with Crippen LogP contribution in [0.25, 0.3) is 0 Å². The summed E-state index contributed by atoms with van der Waals surface area (Å²) in [4.78, 5) is 33.4. The Bertz CT molecular complexity index is 377. The molecule has 0 radical (unpaired) electrons. The fourth-order valence-corrected chi connectivity index (χ4v) is 2.72. The quantitative estimate of drug-likeness (QED) is 0.533. The van der Waals surface area contributed by atoms with Crippen molar-refractivity contribution in [2.45, 2.75) is 51.0 Å². The molecule has 20 heavy (non-hydrogen) atoms. The van der Waals surface area contributed by atoms with E-state index in [2.05, 4.69) is 5.32 Å². The third-order valence-corrected chi connectivity index (χ3v) is 3.89. The van der Waals surface area contributed by atoms with Crippen molar-refractivity contribution < 1.29 is 24.6 Å². The molecule has 0 aromatic carbocycles. The van der Waals surface area contributed by atoms with Crippen LogP contribution in [-0.4, -0.2) is 40.6 Å². The average molecular weight is 286 g/mol. The van der Waals surface area contributed by atoms with Crippen LogP contribution in [0.2, 0.25) is 0 Å². The summed E-state index contributed by atoms with van der Waals surface area (Å²) >= 11 is 0. The van der Waals surface area contributed by atoms with Gasteiger partial charge in [-0.15, -0.1) is 0 Å². The molecule has 0 heterocycles. The van der Waals surface area contributed by atoms with Crippen LogP contribution in [0.15, 0.2) is 0 Å². The van der Waals surface area contributed by atoms with Gasteiger partial charge in [-0.2, -0.15) is 0 Å². The fraction of sp³-hybridized carbons (Fsp3) is 0.769. The molecule has 5 N–H and O–H groups in total. The average Bonchev–Trinajstić information content (AvgIpc) is 2.38. The largest absolute Gasteiger partial charge is 0.481 e. The molecule has 1 saturated carbocycles. The number of nitrogens with two attached hydrogens (primary N) is 1. The lowest BCUT2D eigenvalue weighted by Crippen LogP contribution is -2.45. The molecule has 0 aromatic rings. The number of nitrogens with one attached hydrogen (secondary N) is 1. The van der Waals surface area contributed by atoms with Gasteiger partial charge in [-0.3, -0.25) is 9.59 Å². The molecule has 1 atom stereocenters. The lowest BCUT2D eigenvalue weighted by molar-refractivity contribution is -0.147. The SMILES string of the molecule is NCC1(CC(=O)NC(CC(=O)O)C(=O)O)CCCCC1. The smallest absolute Gasteiger partial charge is 0.326 e. The van der Waals surface area contributed by atoms with Crippen LogP contribution in [0, 0.1) is 5.41 Å². The van der Waals surface area contributed by atoms with Gasteiger partial charge in [0.15, 0.2) is 0 Å². The van der Waals surface area contributed by atoms with E-state index in [-0.39, 0.29) is 11.8 Å². The van der Waals surface area contributed by atoms with Crippen molar-refractivity contribution in [1.29, 1.82) is 0 Å². The van der Waals surface area contributed by atoms with E-state index in [1.807, 2.05) is 0 Å². The van der Waals surface area contributed by atoms with Crippen LogP contribution in [0.5, 0.6) is 0 Å². The fourth-order valence-electron chi connectivity index (χ4n) is 2.72. The minimum atomic E-state index is -1.39. The first-order valence-corrected chi connectivity index (χ1v) is 6.82. The summed E-state index contributed by atoms with van der Waals surface area (Å²) in [5.41, 5.74) is 5.50. The zero-order valence-corrected chi connectivity index (χ0v) is 11.4. The van der Waals surface area contributed by atoms with Crippen LogP contribution in [0.4, 0.5) is 0 Å². The summed E-state index contributed by atoms with van der Waals surface area (Å²) in [6, 6.07) is -1.39. The number of carbonyl (C=O) groups is 3. The third-order valence-electron chi connectivity index (χ3n) is 3.89. The minimum absolute atomic E-state index is 0.160. The first kappa shape index (κ1) is 16.4. The zero-order valence-electron chi connectivity index (χ0n) is 11.4. The van der Waals surface area contributed by atoms with E-state index in [0.717, 1.165) is 32.1 Å². The Morgan fingerprint density at radius 3 is 2.20 bits per heavy atom. The molecule has 0 aromatic heterocycles. The Morgan fingerprint density at radius 1 is 1.15 bits per heavy atom. The predicted octanol–water partition coefficient (Wildman–Crippen LogP) is 0.330. The molecule has 114 valence electrons. The second kappa shape index (κ2) is 7.23. The van der Waals surface area contributed by atoms with Crippen LogP contribution in [0.3, 0.4) is 0 Å². The molecule has 7 nitrogen and oxygen atoms in total. The first-order chi connectivity index (χ1) is 9.38. The third kappa shape index (κ3) is 4.80. The molecule has 1 unspecified atom stereocenters.